The predicted octanol–water partition coefficient (Wildman–Crippen LogP) is 2.67. The molecule has 0 saturated carbocycles. The summed E-state index contributed by atoms with van der Waals surface area (Å²) in [5.74, 6) is -0.878. The Balaban J connectivity index is 1.50. The number of benzene rings is 1. The first-order valence-electron chi connectivity index (χ1n) is 9.42. The topological polar surface area (TPSA) is 108 Å². The lowest BCUT2D eigenvalue weighted by Crippen LogP contribution is -2.34. The first kappa shape index (κ1) is 22.2. The number of anilines is 2. The number of halogens is 2. The molecule has 1 atom stereocenters. The van der Waals surface area contributed by atoms with Crippen LogP contribution in [0.1, 0.15) is 25.7 Å². The van der Waals surface area contributed by atoms with Crippen molar-refractivity contribution in [3.8, 4) is 0 Å². The lowest BCUT2D eigenvalue weighted by molar-refractivity contribution is 0.525. The van der Waals surface area contributed by atoms with Crippen LogP contribution in [-0.2, 0) is 10.0 Å². The summed E-state index contributed by atoms with van der Waals surface area (Å²) in [6.45, 7) is 3.43. The van der Waals surface area contributed by atoms with Gasteiger partial charge in [0.15, 0.2) is 5.82 Å². The molecule has 1 aliphatic heterocycles. The van der Waals surface area contributed by atoms with E-state index in [4.69, 9.17) is 11.6 Å². The Bertz CT molecular complexity index is 892. The van der Waals surface area contributed by atoms with Crippen molar-refractivity contribution in [2.45, 2.75) is 36.6 Å². The molecule has 0 bridgehead atoms. The second kappa shape index (κ2) is 10.5. The molecule has 1 aromatic heterocycles. The molecule has 12 heteroatoms. The van der Waals surface area contributed by atoms with Crippen molar-refractivity contribution in [3.63, 3.8) is 0 Å². The normalized spacial score (nSPS) is 16.8. The average Bonchev–Trinajstić information content (AvgIpc) is 3.37. The van der Waals surface area contributed by atoms with Crippen molar-refractivity contribution in [1.29, 1.82) is 0 Å². The number of rotatable bonds is 11. The van der Waals surface area contributed by atoms with E-state index in [0.29, 0.717) is 12.6 Å². The Morgan fingerprint density at radius 1 is 1.31 bits per heavy atom. The summed E-state index contributed by atoms with van der Waals surface area (Å²) in [6, 6.07) is 3.01. The van der Waals surface area contributed by atoms with Crippen molar-refractivity contribution in [2.75, 3.05) is 36.2 Å². The molecule has 1 aliphatic rings. The minimum atomic E-state index is -4.17. The highest BCUT2D eigenvalue weighted by molar-refractivity contribution is 7.93. The fourth-order valence-electron chi connectivity index (χ4n) is 3.08. The van der Waals surface area contributed by atoms with Gasteiger partial charge in [-0.05, 0) is 50.9 Å². The van der Waals surface area contributed by atoms with Gasteiger partial charge in [0.2, 0.25) is 5.13 Å². The summed E-state index contributed by atoms with van der Waals surface area (Å²) < 4.78 is 45.6. The Morgan fingerprint density at radius 3 is 2.86 bits per heavy atom. The lowest BCUT2D eigenvalue weighted by atomic mass is 10.2. The number of nitrogens with one attached hydrogen (secondary N) is 4. The summed E-state index contributed by atoms with van der Waals surface area (Å²) >= 11 is 6.87. The van der Waals surface area contributed by atoms with E-state index in [2.05, 4.69) is 30.0 Å². The number of sulfonamides is 1. The van der Waals surface area contributed by atoms with E-state index < -0.39 is 20.7 Å². The zero-order chi connectivity index (χ0) is 20.7. The molecule has 0 radical (unpaired) electrons. The van der Waals surface area contributed by atoms with E-state index in [0.717, 1.165) is 50.1 Å². The maximum Gasteiger partial charge on any atom is 0.266 e. The van der Waals surface area contributed by atoms with Crippen LogP contribution in [-0.4, -0.2) is 50.0 Å². The molecule has 0 unspecified atom stereocenters. The number of nitrogens with zero attached hydrogens (tertiary/aromatic N) is 2. The fourth-order valence-corrected chi connectivity index (χ4v) is 5.15. The maximum absolute atomic E-state index is 14.8. The van der Waals surface area contributed by atoms with E-state index in [1.807, 2.05) is 0 Å². The minimum Gasteiger partial charge on any atom is -0.383 e. The van der Waals surface area contributed by atoms with E-state index in [9.17, 15) is 12.8 Å². The van der Waals surface area contributed by atoms with Gasteiger partial charge in [0.1, 0.15) is 11.2 Å². The van der Waals surface area contributed by atoms with Gasteiger partial charge in [0, 0.05) is 35.7 Å². The highest BCUT2D eigenvalue weighted by atomic mass is 35.5. The zero-order valence-corrected chi connectivity index (χ0v) is 18.1. The molecular weight excluding hydrogens is 439 g/mol. The van der Waals surface area contributed by atoms with Crippen molar-refractivity contribution in [1.82, 2.24) is 20.0 Å². The van der Waals surface area contributed by atoms with Gasteiger partial charge in [-0.25, -0.2) is 17.8 Å². The first-order chi connectivity index (χ1) is 14.0. The van der Waals surface area contributed by atoms with Crippen LogP contribution in [0.15, 0.2) is 23.4 Å². The maximum atomic E-state index is 14.8. The summed E-state index contributed by atoms with van der Waals surface area (Å²) in [5, 5.41) is 9.96. The third kappa shape index (κ3) is 6.48. The molecule has 3 rings (SSSR count). The molecule has 0 spiro atoms. The van der Waals surface area contributed by atoms with Gasteiger partial charge in [0.25, 0.3) is 10.0 Å². The minimum absolute atomic E-state index is 0.0539. The molecular formula is C17H24ClFN6O2S2. The number of hydrogen-bond acceptors (Lipinski definition) is 8. The van der Waals surface area contributed by atoms with Gasteiger partial charge in [-0.1, -0.05) is 11.6 Å². The van der Waals surface area contributed by atoms with Crippen LogP contribution in [0.4, 0.5) is 15.2 Å². The molecule has 0 amide bonds. The van der Waals surface area contributed by atoms with Gasteiger partial charge in [-0.2, -0.15) is 4.37 Å². The molecule has 1 saturated heterocycles. The van der Waals surface area contributed by atoms with Crippen molar-refractivity contribution < 1.29 is 12.8 Å². The van der Waals surface area contributed by atoms with Crippen LogP contribution in [0, 0.1) is 5.82 Å². The summed E-state index contributed by atoms with van der Waals surface area (Å²) in [5.41, 5.74) is 0.0539. The summed E-state index contributed by atoms with van der Waals surface area (Å²) in [4.78, 5) is 3.21. The molecule has 1 fully saturated rings. The Labute approximate surface area is 178 Å². The van der Waals surface area contributed by atoms with Crippen molar-refractivity contribution in [3.05, 3.63) is 29.3 Å². The first-order valence-corrected chi connectivity index (χ1v) is 12.1. The van der Waals surface area contributed by atoms with Crippen molar-refractivity contribution in [2.24, 2.45) is 0 Å². The van der Waals surface area contributed by atoms with Crippen LogP contribution < -0.4 is 20.7 Å². The Morgan fingerprint density at radius 2 is 2.14 bits per heavy atom. The highest BCUT2D eigenvalue weighted by Gasteiger charge is 2.23. The Hall–Kier alpha value is -1.53. The molecule has 2 aromatic rings. The second-order valence-corrected chi connectivity index (χ2v) is 9.62. The molecule has 29 heavy (non-hydrogen) atoms. The van der Waals surface area contributed by atoms with E-state index in [1.54, 1.807) is 0 Å². The predicted molar refractivity (Wildman–Crippen MR) is 114 cm³/mol. The van der Waals surface area contributed by atoms with Crippen molar-refractivity contribution >= 4 is 44.0 Å². The highest BCUT2D eigenvalue weighted by Crippen LogP contribution is 2.28. The van der Waals surface area contributed by atoms with Gasteiger partial charge in [0.05, 0.1) is 5.69 Å². The quantitative estimate of drug-likeness (QED) is 0.380. The fraction of sp³-hybridized carbons (Fsp3) is 0.529. The molecule has 1 aromatic carbocycles. The van der Waals surface area contributed by atoms with Crippen LogP contribution in [0.3, 0.4) is 0 Å². The van der Waals surface area contributed by atoms with Crippen LogP contribution in [0.5, 0.6) is 0 Å². The molecule has 2 heterocycles. The Kier molecular flexibility index (Phi) is 8.01. The van der Waals surface area contributed by atoms with Crippen LogP contribution in [0.25, 0.3) is 0 Å². The number of aromatic nitrogens is 2. The number of hydrogen-bond donors (Lipinski definition) is 4. The number of unbranched alkanes of at least 4 members (excludes halogenated alkanes) is 1. The molecule has 8 nitrogen and oxygen atoms in total. The second-order valence-electron chi connectivity index (χ2n) is 6.75. The smallest absolute Gasteiger partial charge is 0.266 e. The third-order valence-electron chi connectivity index (χ3n) is 4.53. The largest absolute Gasteiger partial charge is 0.383 e. The lowest BCUT2D eigenvalue weighted by Gasteiger charge is -2.13. The van der Waals surface area contributed by atoms with E-state index in [-0.39, 0.29) is 15.8 Å². The zero-order valence-electron chi connectivity index (χ0n) is 15.7. The van der Waals surface area contributed by atoms with Gasteiger partial charge in [-0.15, -0.1) is 0 Å². The molecule has 4 N–H and O–H groups in total. The molecule has 0 aliphatic carbocycles. The summed E-state index contributed by atoms with van der Waals surface area (Å²) in [7, 11) is -4.17. The average molecular weight is 463 g/mol. The van der Waals surface area contributed by atoms with E-state index in [1.165, 1.54) is 25.2 Å². The SMILES string of the molecule is O=S(=O)(Nc1ncns1)c1cc(Cl)cc(NCCCCNC[C@@H]2CCCN2)c1F. The van der Waals surface area contributed by atoms with Gasteiger partial charge >= 0.3 is 0 Å². The van der Waals surface area contributed by atoms with Crippen LogP contribution >= 0.6 is 23.1 Å². The van der Waals surface area contributed by atoms with Gasteiger partial charge in [-0.3, -0.25) is 4.72 Å². The van der Waals surface area contributed by atoms with Gasteiger partial charge < -0.3 is 16.0 Å². The van der Waals surface area contributed by atoms with E-state index >= 15 is 0 Å². The monoisotopic (exact) mass is 462 g/mol. The molecule has 160 valence electrons. The summed E-state index contributed by atoms with van der Waals surface area (Å²) in [6.07, 6.45) is 5.38. The third-order valence-corrected chi connectivity index (χ3v) is 6.79. The standard InChI is InChI=1S/C17H24ClFN6O2S2/c18-12-8-14(22-6-2-1-5-20-10-13-4-3-7-21-13)16(19)15(9-12)29(26,27)25-17-23-11-24-28-17/h8-9,11,13,20-22H,1-7,10H2,(H,23,24,25)/t13-/m0/s1. The van der Waals surface area contributed by atoms with Crippen LogP contribution in [0.2, 0.25) is 5.02 Å².